The number of rotatable bonds is 4. The average molecular weight is 333 g/mol. The van der Waals surface area contributed by atoms with Gasteiger partial charge in [-0.15, -0.1) is 0 Å². The molecule has 1 N–H and O–H groups in total. The maximum Gasteiger partial charge on any atom is 0.414 e. The van der Waals surface area contributed by atoms with Crippen molar-refractivity contribution in [2.45, 2.75) is 19.4 Å². The van der Waals surface area contributed by atoms with Crippen LogP contribution >= 0.6 is 0 Å². The SMILES string of the molecule is CC(=O)NCC1CN(c2ccc(N3CC4C[C@H]4C3)c(F)c2)C(=O)O1. The number of halogens is 1. The summed E-state index contributed by atoms with van der Waals surface area (Å²) in [5.41, 5.74) is 1.09. The van der Waals surface area contributed by atoms with Crippen LogP contribution in [-0.2, 0) is 9.53 Å². The van der Waals surface area contributed by atoms with Gasteiger partial charge in [-0.2, -0.15) is 0 Å². The first-order chi connectivity index (χ1) is 11.5. The van der Waals surface area contributed by atoms with Crippen molar-refractivity contribution < 1.29 is 18.7 Å². The van der Waals surface area contributed by atoms with Crippen LogP contribution in [0.15, 0.2) is 18.2 Å². The zero-order valence-electron chi connectivity index (χ0n) is 13.5. The predicted molar refractivity (Wildman–Crippen MR) is 86.5 cm³/mol. The van der Waals surface area contributed by atoms with E-state index in [0.29, 0.717) is 17.9 Å². The van der Waals surface area contributed by atoms with Crippen LogP contribution in [0.2, 0.25) is 0 Å². The largest absolute Gasteiger partial charge is 0.442 e. The molecule has 6 nitrogen and oxygen atoms in total. The third-order valence-corrected chi connectivity index (χ3v) is 5.02. The van der Waals surface area contributed by atoms with E-state index in [1.807, 2.05) is 0 Å². The summed E-state index contributed by atoms with van der Waals surface area (Å²) >= 11 is 0. The minimum absolute atomic E-state index is 0.177. The molecule has 3 atom stereocenters. The van der Waals surface area contributed by atoms with Crippen LogP contribution in [0.1, 0.15) is 13.3 Å². The van der Waals surface area contributed by atoms with E-state index >= 15 is 0 Å². The quantitative estimate of drug-likeness (QED) is 0.912. The summed E-state index contributed by atoms with van der Waals surface area (Å²) in [6.07, 6.45) is 0.334. The van der Waals surface area contributed by atoms with Crippen LogP contribution in [0, 0.1) is 17.7 Å². The highest BCUT2D eigenvalue weighted by atomic mass is 19.1. The van der Waals surface area contributed by atoms with E-state index in [-0.39, 0.29) is 18.3 Å². The van der Waals surface area contributed by atoms with Gasteiger partial charge in [0.25, 0.3) is 0 Å². The molecule has 128 valence electrons. The Morgan fingerprint density at radius 3 is 2.75 bits per heavy atom. The number of nitrogens with zero attached hydrogens (tertiary/aromatic N) is 2. The van der Waals surface area contributed by atoms with Crippen LogP contribution in [0.4, 0.5) is 20.6 Å². The van der Waals surface area contributed by atoms with Gasteiger partial charge in [0.05, 0.1) is 24.5 Å². The summed E-state index contributed by atoms with van der Waals surface area (Å²) in [6, 6.07) is 4.88. The molecule has 3 fully saturated rings. The summed E-state index contributed by atoms with van der Waals surface area (Å²) in [7, 11) is 0. The summed E-state index contributed by atoms with van der Waals surface area (Å²) in [5.74, 6) is 0.967. The van der Waals surface area contributed by atoms with E-state index < -0.39 is 12.2 Å². The van der Waals surface area contributed by atoms with Crippen molar-refractivity contribution in [2.24, 2.45) is 11.8 Å². The molecule has 0 aromatic heterocycles. The number of benzene rings is 1. The highest BCUT2D eigenvalue weighted by Gasteiger charge is 2.45. The number of carbonyl (C=O) groups excluding carboxylic acids is 2. The zero-order chi connectivity index (χ0) is 16.8. The zero-order valence-corrected chi connectivity index (χ0v) is 13.5. The van der Waals surface area contributed by atoms with Crippen molar-refractivity contribution >= 4 is 23.4 Å². The van der Waals surface area contributed by atoms with E-state index in [1.165, 1.54) is 24.3 Å². The third kappa shape index (κ3) is 2.79. The lowest BCUT2D eigenvalue weighted by molar-refractivity contribution is -0.119. The number of nitrogens with one attached hydrogen (secondary N) is 1. The lowest BCUT2D eigenvalue weighted by atomic mass is 10.2. The molecule has 3 aliphatic rings. The minimum atomic E-state index is -0.514. The molecule has 7 heteroatoms. The van der Waals surface area contributed by atoms with E-state index in [4.69, 9.17) is 4.74 Å². The van der Waals surface area contributed by atoms with Gasteiger partial charge in [0.2, 0.25) is 5.91 Å². The molecule has 2 saturated heterocycles. The molecule has 24 heavy (non-hydrogen) atoms. The topological polar surface area (TPSA) is 61.9 Å². The third-order valence-electron chi connectivity index (χ3n) is 5.02. The predicted octanol–water partition coefficient (Wildman–Crippen LogP) is 1.74. The molecule has 1 aliphatic carbocycles. The number of hydrogen-bond donors (Lipinski definition) is 1. The molecule has 2 amide bonds. The van der Waals surface area contributed by atoms with Gasteiger partial charge in [-0.25, -0.2) is 9.18 Å². The lowest BCUT2D eigenvalue weighted by Gasteiger charge is -2.22. The Labute approximate surface area is 139 Å². The second-order valence-electron chi connectivity index (χ2n) is 6.85. The van der Waals surface area contributed by atoms with Crippen molar-refractivity contribution in [1.29, 1.82) is 0 Å². The lowest BCUT2D eigenvalue weighted by Crippen LogP contribution is -2.33. The monoisotopic (exact) mass is 333 g/mol. The minimum Gasteiger partial charge on any atom is -0.442 e. The standard InChI is InChI=1S/C17H20FN3O3/c1-10(22)19-6-14-9-21(17(23)24-14)13-2-3-16(15(18)5-13)20-7-11-4-12(11)8-20/h2-3,5,11-12,14H,4,6-9H2,1H3,(H,19,22)/t11-,12?,14?/m0/s1. The first-order valence-electron chi connectivity index (χ1n) is 8.28. The van der Waals surface area contributed by atoms with E-state index in [9.17, 15) is 14.0 Å². The molecule has 0 bridgehead atoms. The second-order valence-corrected chi connectivity index (χ2v) is 6.85. The van der Waals surface area contributed by atoms with Crippen molar-refractivity contribution in [2.75, 3.05) is 36.0 Å². The molecule has 1 saturated carbocycles. The number of anilines is 2. The molecule has 1 aromatic carbocycles. The number of cyclic esters (lactones) is 1. The maximum absolute atomic E-state index is 14.5. The summed E-state index contributed by atoms with van der Waals surface area (Å²) in [6.45, 7) is 3.81. The van der Waals surface area contributed by atoms with Gasteiger partial charge in [0.1, 0.15) is 11.9 Å². The maximum atomic E-state index is 14.5. The Balaban J connectivity index is 1.45. The smallest absolute Gasteiger partial charge is 0.414 e. The first-order valence-corrected chi connectivity index (χ1v) is 8.28. The first kappa shape index (κ1) is 15.2. The van der Waals surface area contributed by atoms with Crippen LogP contribution in [0.3, 0.4) is 0 Å². The van der Waals surface area contributed by atoms with Crippen LogP contribution in [0.5, 0.6) is 0 Å². The van der Waals surface area contributed by atoms with Crippen LogP contribution in [0.25, 0.3) is 0 Å². The fourth-order valence-corrected chi connectivity index (χ4v) is 3.61. The number of fused-ring (bicyclic) bond motifs is 1. The van der Waals surface area contributed by atoms with Crippen molar-refractivity contribution in [1.82, 2.24) is 5.32 Å². The van der Waals surface area contributed by atoms with Crippen molar-refractivity contribution in [3.63, 3.8) is 0 Å². The fourth-order valence-electron chi connectivity index (χ4n) is 3.61. The fraction of sp³-hybridized carbons (Fsp3) is 0.529. The van der Waals surface area contributed by atoms with Gasteiger partial charge in [-0.05, 0) is 36.5 Å². The summed E-state index contributed by atoms with van der Waals surface area (Å²) < 4.78 is 19.7. The van der Waals surface area contributed by atoms with Crippen LogP contribution in [-0.4, -0.2) is 44.3 Å². The number of piperidine rings is 1. The Morgan fingerprint density at radius 2 is 2.08 bits per heavy atom. The van der Waals surface area contributed by atoms with Gasteiger partial charge < -0.3 is 15.0 Å². The number of amides is 2. The Hall–Kier alpha value is -2.31. The molecule has 4 rings (SSSR count). The van der Waals surface area contributed by atoms with Gasteiger partial charge in [0, 0.05) is 20.0 Å². The molecular weight excluding hydrogens is 313 g/mol. The summed E-state index contributed by atoms with van der Waals surface area (Å²) in [5, 5.41) is 2.62. The Morgan fingerprint density at radius 1 is 1.33 bits per heavy atom. The Bertz CT molecular complexity index is 686. The van der Waals surface area contributed by atoms with Crippen LogP contribution < -0.4 is 15.1 Å². The number of carbonyl (C=O) groups is 2. The number of hydrogen-bond acceptors (Lipinski definition) is 4. The molecule has 2 unspecified atom stereocenters. The van der Waals surface area contributed by atoms with Crippen molar-refractivity contribution in [3.8, 4) is 0 Å². The average Bonchev–Trinajstić information content (AvgIpc) is 2.97. The van der Waals surface area contributed by atoms with Gasteiger partial charge in [-0.3, -0.25) is 9.69 Å². The molecule has 0 spiro atoms. The molecule has 0 radical (unpaired) electrons. The molecular formula is C17H20FN3O3. The molecule has 1 aromatic rings. The van der Waals surface area contributed by atoms with Gasteiger partial charge in [0.15, 0.2) is 0 Å². The normalized spacial score (nSPS) is 27.9. The van der Waals surface area contributed by atoms with E-state index in [2.05, 4.69) is 10.2 Å². The highest BCUT2D eigenvalue weighted by molar-refractivity contribution is 5.90. The number of ether oxygens (including phenoxy) is 1. The Kier molecular flexibility index (Phi) is 3.58. The van der Waals surface area contributed by atoms with E-state index in [0.717, 1.165) is 24.9 Å². The van der Waals surface area contributed by atoms with Crippen molar-refractivity contribution in [3.05, 3.63) is 24.0 Å². The molecule has 2 heterocycles. The molecule has 2 aliphatic heterocycles. The van der Waals surface area contributed by atoms with Gasteiger partial charge in [-0.1, -0.05) is 0 Å². The van der Waals surface area contributed by atoms with Gasteiger partial charge >= 0.3 is 6.09 Å². The second kappa shape index (κ2) is 5.65. The highest BCUT2D eigenvalue weighted by Crippen LogP contribution is 2.46. The van der Waals surface area contributed by atoms with E-state index in [1.54, 1.807) is 12.1 Å². The summed E-state index contributed by atoms with van der Waals surface area (Å²) in [4.78, 5) is 26.4.